The summed E-state index contributed by atoms with van der Waals surface area (Å²) in [5.41, 5.74) is 26.0. The van der Waals surface area contributed by atoms with Crippen molar-refractivity contribution in [3.8, 4) is 89.0 Å². The Bertz CT molecular complexity index is 4990. The summed E-state index contributed by atoms with van der Waals surface area (Å²) in [6.07, 6.45) is 0. The van der Waals surface area contributed by atoms with Crippen molar-refractivity contribution in [2.24, 2.45) is 0 Å². The molecule has 0 aliphatic rings. The molecule has 402 valence electrons. The highest BCUT2D eigenvalue weighted by atomic mass is 15.0. The molecular weight excluding hydrogens is 1010 g/mol. The molecule has 13 aromatic carbocycles. The minimum atomic E-state index is -0.0225. The normalized spacial score (nSPS) is 12.0. The summed E-state index contributed by atoms with van der Waals surface area (Å²) >= 11 is 0. The van der Waals surface area contributed by atoms with Crippen molar-refractivity contribution < 1.29 is 0 Å². The molecule has 0 N–H and O–H groups in total. The second-order valence-corrected chi connectivity index (χ2v) is 23.8. The van der Waals surface area contributed by atoms with Crippen LogP contribution in [0, 0.1) is 0 Å². The Morgan fingerprint density at radius 2 is 0.488 bits per heavy atom. The van der Waals surface area contributed by atoms with Crippen LogP contribution in [0.2, 0.25) is 0 Å². The van der Waals surface area contributed by atoms with Crippen LogP contribution in [0.1, 0.15) is 40.2 Å². The van der Waals surface area contributed by atoms with E-state index in [1.807, 2.05) is 0 Å². The molecule has 0 amide bonds. The Labute approximate surface area is 492 Å². The van der Waals surface area contributed by atoms with Gasteiger partial charge >= 0.3 is 0 Å². The molecule has 0 radical (unpaired) electrons. The molecule has 84 heavy (non-hydrogen) atoms. The average Bonchev–Trinajstić information content (AvgIpc) is 1.26. The molecule has 0 saturated heterocycles. The number of rotatable bonds is 10. The van der Waals surface area contributed by atoms with Crippen LogP contribution in [0.3, 0.4) is 0 Å². The fourth-order valence-electron chi connectivity index (χ4n) is 13.5. The smallest absolute Gasteiger partial charge is 0.0491 e. The van der Waals surface area contributed by atoms with E-state index in [9.17, 15) is 0 Å². The van der Waals surface area contributed by atoms with Gasteiger partial charge in [0.2, 0.25) is 0 Å². The van der Waals surface area contributed by atoms with E-state index in [0.29, 0.717) is 0 Å². The first-order valence-corrected chi connectivity index (χ1v) is 29.8. The predicted molar refractivity (Wildman–Crippen MR) is 361 cm³/mol. The van der Waals surface area contributed by atoms with Crippen LogP contribution in [-0.2, 0) is 18.5 Å². The molecule has 0 fully saturated rings. The SMILES string of the molecule is CCn1c2ccc(-c3ccccc3)cc2c2cc(-c3ccc(-c4ccc(-c5c6ccccc6c(-c6ccc(-c7ccc(-c8ccc9c(c8)c8cc(-c%10ccccc%10)ccc8n9CC)cc7)cc6)c6cc(C(C)(C)C)ccc56)cc4)cc3)ccc21. The highest BCUT2D eigenvalue weighted by Gasteiger charge is 2.22. The standard InChI is InChI=1S/C82H64N2/c1-6-83-76-44-38-63(53-16-10-8-11-17-53)48-71(76)73-50-65(40-46-78(73)83)59-26-22-55(23-27-59)57-30-34-61(35-31-57)80-68-20-14-15-21-69(68)81(75-52-67(82(3,4)5)42-43-70(75)80)62-36-32-58(33-37-62)56-24-28-60(29-25-56)66-41-47-79-74(51-66)72-49-64(54-18-12-9-13-19-54)39-45-77(72)84(79)7-2/h8-52H,6-7H2,1-5H3. The third-order valence-corrected chi connectivity index (χ3v) is 17.9. The zero-order valence-corrected chi connectivity index (χ0v) is 48.3. The first-order valence-electron chi connectivity index (χ1n) is 29.8. The molecule has 2 nitrogen and oxygen atoms in total. The van der Waals surface area contributed by atoms with E-state index in [1.54, 1.807) is 0 Å². The molecule has 0 bridgehead atoms. The first kappa shape index (κ1) is 50.9. The van der Waals surface area contributed by atoms with E-state index < -0.39 is 0 Å². The van der Waals surface area contributed by atoms with Crippen molar-refractivity contribution in [2.45, 2.75) is 53.1 Å². The van der Waals surface area contributed by atoms with Gasteiger partial charge in [-0.25, -0.2) is 0 Å². The van der Waals surface area contributed by atoms with Gasteiger partial charge in [-0.3, -0.25) is 0 Å². The van der Waals surface area contributed by atoms with Crippen molar-refractivity contribution >= 4 is 65.2 Å². The summed E-state index contributed by atoms with van der Waals surface area (Å²) < 4.78 is 4.88. The number of nitrogens with zero attached hydrogens (tertiary/aromatic N) is 2. The van der Waals surface area contributed by atoms with E-state index in [2.05, 4.69) is 317 Å². The van der Waals surface area contributed by atoms with E-state index in [1.165, 1.54) is 160 Å². The van der Waals surface area contributed by atoms with E-state index >= 15 is 0 Å². The summed E-state index contributed by atoms with van der Waals surface area (Å²) in [4.78, 5) is 0. The first-order chi connectivity index (χ1) is 41.2. The van der Waals surface area contributed by atoms with Gasteiger partial charge in [0.1, 0.15) is 0 Å². The molecule has 2 heteroatoms. The van der Waals surface area contributed by atoms with Gasteiger partial charge in [-0.05, 0) is 190 Å². The summed E-state index contributed by atoms with van der Waals surface area (Å²) in [5.74, 6) is 0. The van der Waals surface area contributed by atoms with Gasteiger partial charge in [-0.15, -0.1) is 0 Å². The van der Waals surface area contributed by atoms with Crippen molar-refractivity contribution in [1.82, 2.24) is 9.13 Å². The maximum Gasteiger partial charge on any atom is 0.0491 e. The molecule has 2 heterocycles. The maximum atomic E-state index is 2.46. The zero-order chi connectivity index (χ0) is 56.6. The van der Waals surface area contributed by atoms with Gasteiger partial charge in [0.05, 0.1) is 0 Å². The maximum absolute atomic E-state index is 2.46. The lowest BCUT2D eigenvalue weighted by atomic mass is 9.81. The monoisotopic (exact) mass is 1080 g/mol. The summed E-state index contributed by atoms with van der Waals surface area (Å²) in [6.45, 7) is 13.3. The van der Waals surface area contributed by atoms with Crippen LogP contribution in [0.15, 0.2) is 273 Å². The molecule has 0 aliphatic carbocycles. The third-order valence-electron chi connectivity index (χ3n) is 17.9. The van der Waals surface area contributed by atoms with Crippen LogP contribution in [0.5, 0.6) is 0 Å². The van der Waals surface area contributed by atoms with Gasteiger partial charge in [-0.2, -0.15) is 0 Å². The number of hydrogen-bond acceptors (Lipinski definition) is 0. The third kappa shape index (κ3) is 8.72. The van der Waals surface area contributed by atoms with Crippen LogP contribution < -0.4 is 0 Å². The molecule has 15 aromatic rings. The lowest BCUT2D eigenvalue weighted by Gasteiger charge is -2.23. The highest BCUT2D eigenvalue weighted by molar-refractivity contribution is 6.22. The number of aryl methyl sites for hydroxylation is 2. The van der Waals surface area contributed by atoms with E-state index in [4.69, 9.17) is 0 Å². The largest absolute Gasteiger partial charge is 0.341 e. The Kier molecular flexibility index (Phi) is 12.4. The van der Waals surface area contributed by atoms with Gasteiger partial charge in [0, 0.05) is 56.7 Å². The number of benzene rings is 13. The predicted octanol–water partition coefficient (Wildman–Crippen LogP) is 22.9. The molecule has 0 spiro atoms. The van der Waals surface area contributed by atoms with Gasteiger partial charge in [0.15, 0.2) is 0 Å². The van der Waals surface area contributed by atoms with Crippen LogP contribution in [0.4, 0.5) is 0 Å². The number of fused-ring (bicyclic) bond motifs is 8. The minimum Gasteiger partial charge on any atom is -0.341 e. The summed E-state index contributed by atoms with van der Waals surface area (Å²) in [6, 6.07) is 102. The average molecular weight is 1080 g/mol. The molecular formula is C82H64N2. The second-order valence-electron chi connectivity index (χ2n) is 23.8. The highest BCUT2D eigenvalue weighted by Crippen LogP contribution is 2.46. The van der Waals surface area contributed by atoms with Crippen molar-refractivity contribution in [2.75, 3.05) is 0 Å². The topological polar surface area (TPSA) is 9.86 Å². The Hall–Kier alpha value is -10.0. The number of aromatic nitrogens is 2. The fraction of sp³-hybridized carbons (Fsp3) is 0.0976. The summed E-state index contributed by atoms with van der Waals surface area (Å²) in [7, 11) is 0. The second kappa shape index (κ2) is 20.4. The molecule has 0 atom stereocenters. The van der Waals surface area contributed by atoms with Crippen LogP contribution in [-0.4, -0.2) is 9.13 Å². The van der Waals surface area contributed by atoms with Crippen molar-refractivity contribution in [1.29, 1.82) is 0 Å². The molecule has 0 aliphatic heterocycles. The van der Waals surface area contributed by atoms with Gasteiger partial charge < -0.3 is 9.13 Å². The Balaban J connectivity index is 0.738. The minimum absolute atomic E-state index is 0.0225. The fourth-order valence-corrected chi connectivity index (χ4v) is 13.5. The van der Waals surface area contributed by atoms with E-state index in [0.717, 1.165) is 13.1 Å². The van der Waals surface area contributed by atoms with Crippen molar-refractivity contribution in [3.63, 3.8) is 0 Å². The quantitative estimate of drug-likeness (QED) is 0.121. The molecule has 0 saturated carbocycles. The van der Waals surface area contributed by atoms with Crippen LogP contribution in [0.25, 0.3) is 154 Å². The number of hydrogen-bond donors (Lipinski definition) is 0. The van der Waals surface area contributed by atoms with E-state index in [-0.39, 0.29) is 5.41 Å². The molecule has 15 rings (SSSR count). The lowest BCUT2D eigenvalue weighted by molar-refractivity contribution is 0.591. The molecule has 0 unspecified atom stereocenters. The van der Waals surface area contributed by atoms with Crippen molar-refractivity contribution in [3.05, 3.63) is 279 Å². The Morgan fingerprint density at radius 3 is 0.810 bits per heavy atom. The summed E-state index contributed by atoms with van der Waals surface area (Å²) in [5, 5.41) is 10.2. The lowest BCUT2D eigenvalue weighted by Crippen LogP contribution is -2.10. The Morgan fingerprint density at radius 1 is 0.226 bits per heavy atom. The van der Waals surface area contributed by atoms with Crippen LogP contribution >= 0.6 is 0 Å². The zero-order valence-electron chi connectivity index (χ0n) is 48.3. The van der Waals surface area contributed by atoms with Gasteiger partial charge in [0.25, 0.3) is 0 Å². The molecule has 2 aromatic heterocycles. The van der Waals surface area contributed by atoms with Gasteiger partial charge in [-0.1, -0.05) is 239 Å².